The molecule has 18 heavy (non-hydrogen) atoms. The number of ether oxygens (including phenoxy) is 1. The smallest absolute Gasteiger partial charge is 0.254 e. The van der Waals surface area contributed by atoms with Crippen LogP contribution >= 0.6 is 11.6 Å². The normalized spacial score (nSPS) is 26.4. The van der Waals surface area contributed by atoms with Crippen LogP contribution in [0.15, 0.2) is 18.2 Å². The third-order valence-electron chi connectivity index (χ3n) is 3.53. The maximum atomic E-state index is 12.3. The highest BCUT2D eigenvalue weighted by atomic mass is 35.5. The van der Waals surface area contributed by atoms with Crippen LogP contribution in [0.25, 0.3) is 0 Å². The Bertz CT molecular complexity index is 479. The molecule has 2 saturated heterocycles. The standard InChI is InChI=1S/C13H14ClNO3/c14-11-5-8(1-4-12(11)16)13(17)15-6-9-2-3-10(7-15)18-9/h1,4-5,9-10,16H,2-3,6-7H2. The minimum atomic E-state index is -0.0444. The maximum Gasteiger partial charge on any atom is 0.254 e. The molecule has 2 heterocycles. The Hall–Kier alpha value is -1.26. The number of carbonyl (C=O) groups is 1. The third-order valence-corrected chi connectivity index (χ3v) is 3.83. The van der Waals surface area contributed by atoms with Crippen molar-refractivity contribution in [2.75, 3.05) is 13.1 Å². The Balaban J connectivity index is 1.79. The highest BCUT2D eigenvalue weighted by Gasteiger charge is 2.35. The number of amides is 1. The van der Waals surface area contributed by atoms with Crippen LogP contribution in [0.3, 0.4) is 0 Å². The van der Waals surface area contributed by atoms with Gasteiger partial charge in [-0.3, -0.25) is 4.79 Å². The number of hydrogen-bond donors (Lipinski definition) is 1. The first-order valence-electron chi connectivity index (χ1n) is 6.07. The molecule has 2 atom stereocenters. The predicted molar refractivity (Wildman–Crippen MR) is 66.9 cm³/mol. The Morgan fingerprint density at radius 2 is 2.00 bits per heavy atom. The Morgan fingerprint density at radius 3 is 2.61 bits per heavy atom. The first kappa shape index (κ1) is 11.8. The number of nitrogens with zero attached hydrogens (tertiary/aromatic N) is 1. The molecule has 1 amide bonds. The number of phenols is 1. The van der Waals surface area contributed by atoms with Crippen LogP contribution in [0.2, 0.25) is 5.02 Å². The SMILES string of the molecule is O=C(c1ccc(O)c(Cl)c1)N1CC2CCC(C1)O2. The fraction of sp³-hybridized carbons (Fsp3) is 0.462. The van der Waals surface area contributed by atoms with Crippen LogP contribution < -0.4 is 0 Å². The van der Waals surface area contributed by atoms with E-state index in [4.69, 9.17) is 16.3 Å². The van der Waals surface area contributed by atoms with E-state index >= 15 is 0 Å². The molecular weight excluding hydrogens is 254 g/mol. The van der Waals surface area contributed by atoms with Gasteiger partial charge < -0.3 is 14.7 Å². The van der Waals surface area contributed by atoms with Crippen molar-refractivity contribution in [1.29, 1.82) is 0 Å². The molecule has 2 aliphatic rings. The number of hydrogen-bond acceptors (Lipinski definition) is 3. The molecule has 0 aliphatic carbocycles. The van der Waals surface area contributed by atoms with Crippen molar-refractivity contribution in [3.05, 3.63) is 28.8 Å². The lowest BCUT2D eigenvalue weighted by Gasteiger charge is -2.32. The molecule has 2 fully saturated rings. The fourth-order valence-corrected chi connectivity index (χ4v) is 2.78. The summed E-state index contributed by atoms with van der Waals surface area (Å²) in [7, 11) is 0. The number of carbonyl (C=O) groups excluding carboxylic acids is 1. The predicted octanol–water partition coefficient (Wildman–Crippen LogP) is 2.05. The summed E-state index contributed by atoms with van der Waals surface area (Å²) < 4.78 is 5.70. The zero-order chi connectivity index (χ0) is 12.7. The average Bonchev–Trinajstić information content (AvgIpc) is 2.71. The summed E-state index contributed by atoms with van der Waals surface area (Å²) in [4.78, 5) is 14.1. The van der Waals surface area contributed by atoms with E-state index in [1.165, 1.54) is 12.1 Å². The van der Waals surface area contributed by atoms with Gasteiger partial charge in [-0.2, -0.15) is 0 Å². The summed E-state index contributed by atoms with van der Waals surface area (Å²) in [5.41, 5.74) is 0.513. The van der Waals surface area contributed by atoms with Crippen LogP contribution in [0.4, 0.5) is 0 Å². The molecule has 1 N–H and O–H groups in total. The van der Waals surface area contributed by atoms with Crippen molar-refractivity contribution < 1.29 is 14.6 Å². The van der Waals surface area contributed by atoms with E-state index in [9.17, 15) is 9.90 Å². The van der Waals surface area contributed by atoms with Gasteiger partial charge in [0.1, 0.15) is 5.75 Å². The van der Waals surface area contributed by atoms with E-state index in [0.717, 1.165) is 12.8 Å². The third kappa shape index (κ3) is 2.06. The van der Waals surface area contributed by atoms with Gasteiger partial charge >= 0.3 is 0 Å². The lowest BCUT2D eigenvalue weighted by Crippen LogP contribution is -2.45. The molecule has 0 saturated carbocycles. The van der Waals surface area contributed by atoms with Crippen LogP contribution in [-0.4, -0.2) is 41.2 Å². The highest BCUT2D eigenvalue weighted by Crippen LogP contribution is 2.28. The Labute approximate surface area is 110 Å². The van der Waals surface area contributed by atoms with Gasteiger partial charge in [-0.25, -0.2) is 0 Å². The largest absolute Gasteiger partial charge is 0.506 e. The number of morpholine rings is 1. The van der Waals surface area contributed by atoms with Gasteiger partial charge in [-0.15, -0.1) is 0 Å². The molecule has 2 aliphatic heterocycles. The van der Waals surface area contributed by atoms with Gasteiger partial charge in [0.25, 0.3) is 5.91 Å². The highest BCUT2D eigenvalue weighted by molar-refractivity contribution is 6.32. The molecule has 1 aromatic carbocycles. The van der Waals surface area contributed by atoms with Crippen molar-refractivity contribution in [3.8, 4) is 5.75 Å². The molecule has 4 nitrogen and oxygen atoms in total. The topological polar surface area (TPSA) is 49.8 Å². The Morgan fingerprint density at radius 1 is 1.33 bits per heavy atom. The van der Waals surface area contributed by atoms with Crippen LogP contribution in [0.5, 0.6) is 5.75 Å². The second-order valence-corrected chi connectivity index (χ2v) is 5.24. The number of likely N-dealkylation sites (tertiary alicyclic amines) is 1. The van der Waals surface area contributed by atoms with E-state index in [-0.39, 0.29) is 28.9 Å². The van der Waals surface area contributed by atoms with Gasteiger partial charge in [0.05, 0.1) is 17.2 Å². The van der Waals surface area contributed by atoms with E-state index < -0.39 is 0 Å². The number of phenolic OH excluding ortho intramolecular Hbond substituents is 1. The monoisotopic (exact) mass is 267 g/mol. The number of benzene rings is 1. The molecule has 1 aromatic rings. The number of fused-ring (bicyclic) bond motifs is 2. The number of aromatic hydroxyl groups is 1. The second-order valence-electron chi connectivity index (χ2n) is 4.83. The number of halogens is 1. The Kier molecular flexibility index (Phi) is 2.92. The molecule has 5 heteroatoms. The summed E-state index contributed by atoms with van der Waals surface area (Å²) in [5, 5.41) is 9.56. The zero-order valence-electron chi connectivity index (χ0n) is 9.80. The average molecular weight is 268 g/mol. The quantitative estimate of drug-likeness (QED) is 0.847. The first-order valence-corrected chi connectivity index (χ1v) is 6.44. The van der Waals surface area contributed by atoms with Crippen molar-refractivity contribution in [3.63, 3.8) is 0 Å². The van der Waals surface area contributed by atoms with Gasteiger partial charge in [0, 0.05) is 18.7 Å². The van der Waals surface area contributed by atoms with Gasteiger partial charge in [0.2, 0.25) is 0 Å². The lowest BCUT2D eigenvalue weighted by molar-refractivity contribution is -0.0303. The molecular formula is C13H14ClNO3. The van der Waals surface area contributed by atoms with Crippen molar-refractivity contribution >= 4 is 17.5 Å². The zero-order valence-corrected chi connectivity index (χ0v) is 10.6. The molecule has 3 rings (SSSR count). The van der Waals surface area contributed by atoms with Gasteiger partial charge in [0.15, 0.2) is 0 Å². The minimum absolute atomic E-state index is 0.00439. The molecule has 0 spiro atoms. The van der Waals surface area contributed by atoms with E-state index in [1.807, 2.05) is 4.90 Å². The van der Waals surface area contributed by atoms with Gasteiger partial charge in [-0.05, 0) is 31.0 Å². The maximum absolute atomic E-state index is 12.3. The van der Waals surface area contributed by atoms with E-state index in [0.29, 0.717) is 18.7 Å². The van der Waals surface area contributed by atoms with Gasteiger partial charge in [-0.1, -0.05) is 11.6 Å². The van der Waals surface area contributed by atoms with Crippen molar-refractivity contribution in [1.82, 2.24) is 4.90 Å². The van der Waals surface area contributed by atoms with Crippen LogP contribution in [0.1, 0.15) is 23.2 Å². The lowest BCUT2D eigenvalue weighted by atomic mass is 10.1. The summed E-state index contributed by atoms with van der Waals surface area (Å²) in [6, 6.07) is 4.56. The van der Waals surface area contributed by atoms with E-state index in [1.54, 1.807) is 6.07 Å². The van der Waals surface area contributed by atoms with Crippen molar-refractivity contribution in [2.45, 2.75) is 25.0 Å². The van der Waals surface area contributed by atoms with E-state index in [2.05, 4.69) is 0 Å². The molecule has 2 unspecified atom stereocenters. The first-order chi connectivity index (χ1) is 8.63. The minimum Gasteiger partial charge on any atom is -0.506 e. The summed E-state index contributed by atoms with van der Waals surface area (Å²) in [6.45, 7) is 1.29. The second kappa shape index (κ2) is 4.44. The molecule has 96 valence electrons. The van der Waals surface area contributed by atoms with Crippen LogP contribution in [-0.2, 0) is 4.74 Å². The van der Waals surface area contributed by atoms with Crippen molar-refractivity contribution in [2.24, 2.45) is 0 Å². The van der Waals surface area contributed by atoms with Crippen LogP contribution in [0, 0.1) is 0 Å². The molecule has 0 aromatic heterocycles. The summed E-state index contributed by atoms with van der Waals surface area (Å²) in [6.07, 6.45) is 2.43. The summed E-state index contributed by atoms with van der Waals surface area (Å²) >= 11 is 5.82. The summed E-state index contributed by atoms with van der Waals surface area (Å²) in [5.74, 6) is -0.0487. The molecule has 2 bridgehead atoms. The number of rotatable bonds is 1. The molecule has 0 radical (unpaired) electrons. The fourth-order valence-electron chi connectivity index (χ4n) is 2.60.